The van der Waals surface area contributed by atoms with Crippen molar-refractivity contribution in [3.05, 3.63) is 20.8 Å². The molecule has 0 bridgehead atoms. The van der Waals surface area contributed by atoms with Gasteiger partial charge in [0.1, 0.15) is 6.04 Å². The Balaban J connectivity index is 1.53. The minimum atomic E-state index is -0.543. The number of rotatable bonds is 6. The molecule has 5 nitrogen and oxygen atoms in total. The Morgan fingerprint density at radius 1 is 1.27 bits per heavy atom. The molecule has 1 aliphatic heterocycles. The van der Waals surface area contributed by atoms with Gasteiger partial charge in [0.2, 0.25) is 5.91 Å². The number of thioether (sulfide) groups is 1. The summed E-state index contributed by atoms with van der Waals surface area (Å²) in [5.41, 5.74) is 0.110. The van der Waals surface area contributed by atoms with Crippen LogP contribution in [0.1, 0.15) is 42.3 Å². The molecule has 2 aliphatic rings. The second kappa shape index (κ2) is 9.08. The number of amides is 2. The van der Waals surface area contributed by atoms with Crippen molar-refractivity contribution < 1.29 is 9.59 Å². The molecule has 0 radical (unpaired) electrons. The zero-order valence-electron chi connectivity index (χ0n) is 15.1. The molecule has 2 fully saturated rings. The van der Waals surface area contributed by atoms with E-state index in [2.05, 4.69) is 31.5 Å². The van der Waals surface area contributed by atoms with Gasteiger partial charge in [-0.15, -0.1) is 11.3 Å². The zero-order chi connectivity index (χ0) is 18.6. The maximum atomic E-state index is 12.5. The van der Waals surface area contributed by atoms with E-state index in [0.717, 1.165) is 29.7 Å². The predicted molar refractivity (Wildman–Crippen MR) is 112 cm³/mol. The maximum absolute atomic E-state index is 12.5. The second-order valence-electron chi connectivity index (χ2n) is 7.05. The van der Waals surface area contributed by atoms with E-state index in [0.29, 0.717) is 11.4 Å². The lowest BCUT2D eigenvalue weighted by Crippen LogP contribution is -2.58. The van der Waals surface area contributed by atoms with Gasteiger partial charge < -0.3 is 10.6 Å². The van der Waals surface area contributed by atoms with Crippen LogP contribution in [0, 0.1) is 0 Å². The predicted octanol–water partition coefficient (Wildman–Crippen LogP) is 3.11. The highest BCUT2D eigenvalue weighted by atomic mass is 79.9. The van der Waals surface area contributed by atoms with Crippen LogP contribution in [0.2, 0.25) is 0 Å². The molecule has 0 spiro atoms. The van der Waals surface area contributed by atoms with Crippen LogP contribution < -0.4 is 10.6 Å². The van der Waals surface area contributed by atoms with Gasteiger partial charge >= 0.3 is 0 Å². The molecule has 2 amide bonds. The molecule has 1 unspecified atom stereocenters. The fourth-order valence-corrected chi connectivity index (χ4v) is 6.04. The van der Waals surface area contributed by atoms with Crippen molar-refractivity contribution in [1.29, 1.82) is 0 Å². The number of nitrogens with one attached hydrogen (secondary N) is 2. The van der Waals surface area contributed by atoms with E-state index >= 15 is 0 Å². The van der Waals surface area contributed by atoms with Crippen LogP contribution in [-0.2, 0) is 4.79 Å². The van der Waals surface area contributed by atoms with Gasteiger partial charge in [-0.05, 0) is 47.8 Å². The lowest BCUT2D eigenvalue weighted by Gasteiger charge is -2.43. The molecule has 1 aromatic heterocycles. The van der Waals surface area contributed by atoms with Crippen LogP contribution in [0.25, 0.3) is 0 Å². The lowest BCUT2D eigenvalue weighted by molar-refractivity contribution is -0.123. The lowest BCUT2D eigenvalue weighted by atomic mass is 9.94. The van der Waals surface area contributed by atoms with Crippen LogP contribution in [0.5, 0.6) is 0 Å². The fraction of sp³-hybridized carbons (Fsp3) is 0.667. The number of thiophene rings is 1. The molecule has 3 rings (SSSR count). The fourth-order valence-electron chi connectivity index (χ4n) is 3.85. The van der Waals surface area contributed by atoms with Gasteiger partial charge in [-0.2, -0.15) is 11.8 Å². The highest BCUT2D eigenvalue weighted by molar-refractivity contribution is 9.11. The average molecular weight is 460 g/mol. The van der Waals surface area contributed by atoms with Gasteiger partial charge in [-0.3, -0.25) is 14.5 Å². The zero-order valence-corrected chi connectivity index (χ0v) is 18.3. The first-order chi connectivity index (χ1) is 12.5. The van der Waals surface area contributed by atoms with Crippen LogP contribution in [0.4, 0.5) is 0 Å². The van der Waals surface area contributed by atoms with Gasteiger partial charge in [0.05, 0.1) is 8.66 Å². The van der Waals surface area contributed by atoms with Crippen molar-refractivity contribution in [3.63, 3.8) is 0 Å². The smallest absolute Gasteiger partial charge is 0.262 e. The van der Waals surface area contributed by atoms with E-state index in [-0.39, 0.29) is 17.4 Å². The Kier molecular flexibility index (Phi) is 7.05. The summed E-state index contributed by atoms with van der Waals surface area (Å²) in [4.78, 5) is 28.0. The number of carbonyl (C=O) groups is 2. The van der Waals surface area contributed by atoms with Gasteiger partial charge in [-0.1, -0.05) is 12.8 Å². The summed E-state index contributed by atoms with van der Waals surface area (Å²) in [7, 11) is 0. The molecule has 1 saturated carbocycles. The van der Waals surface area contributed by atoms with Crippen LogP contribution in [0.15, 0.2) is 15.9 Å². The molecule has 26 heavy (non-hydrogen) atoms. The summed E-state index contributed by atoms with van der Waals surface area (Å²) in [5, 5.41) is 5.91. The average Bonchev–Trinajstić information content (AvgIpc) is 3.30. The molecular weight excluding hydrogens is 434 g/mol. The number of carbonyl (C=O) groups excluding carboxylic acids is 2. The molecule has 2 heterocycles. The highest BCUT2D eigenvalue weighted by Gasteiger charge is 2.40. The van der Waals surface area contributed by atoms with Gasteiger partial charge in [0.15, 0.2) is 0 Å². The van der Waals surface area contributed by atoms with Crippen LogP contribution in [0.3, 0.4) is 0 Å². The molecule has 1 aliphatic carbocycles. The Hall–Kier alpha value is -0.570. The van der Waals surface area contributed by atoms with Crippen molar-refractivity contribution in [2.24, 2.45) is 0 Å². The van der Waals surface area contributed by atoms with Crippen LogP contribution >= 0.6 is 39.0 Å². The summed E-state index contributed by atoms with van der Waals surface area (Å²) < 4.78 is 0.905. The number of halogens is 1. The van der Waals surface area contributed by atoms with Gasteiger partial charge in [0.25, 0.3) is 5.91 Å². The van der Waals surface area contributed by atoms with E-state index in [4.69, 9.17) is 0 Å². The Bertz CT molecular complexity index is 640. The molecule has 144 valence electrons. The summed E-state index contributed by atoms with van der Waals surface area (Å²) in [5.74, 6) is 2.05. The monoisotopic (exact) mass is 459 g/mol. The van der Waals surface area contributed by atoms with Crippen LogP contribution in [-0.4, -0.2) is 59.4 Å². The third kappa shape index (κ3) is 4.82. The number of nitrogens with zero attached hydrogens (tertiary/aromatic N) is 1. The molecule has 1 saturated heterocycles. The first-order valence-electron chi connectivity index (χ1n) is 9.17. The summed E-state index contributed by atoms with van der Waals surface area (Å²) in [6.07, 6.45) is 4.78. The Morgan fingerprint density at radius 2 is 1.96 bits per heavy atom. The Morgan fingerprint density at radius 3 is 2.58 bits per heavy atom. The first-order valence-corrected chi connectivity index (χ1v) is 11.9. The van der Waals surface area contributed by atoms with Crippen molar-refractivity contribution in [3.8, 4) is 0 Å². The minimum Gasteiger partial charge on any atom is -0.352 e. The topological polar surface area (TPSA) is 61.4 Å². The SMILES string of the molecule is CC(NC(=O)c1ccc(Br)s1)C(=O)NCC1(N2CCSCC2)CCCC1. The third-order valence-electron chi connectivity index (χ3n) is 5.35. The number of hydrogen-bond donors (Lipinski definition) is 2. The van der Waals surface area contributed by atoms with Crippen molar-refractivity contribution in [2.45, 2.75) is 44.2 Å². The van der Waals surface area contributed by atoms with E-state index in [1.54, 1.807) is 13.0 Å². The summed E-state index contributed by atoms with van der Waals surface area (Å²) in [6, 6.07) is 3.06. The van der Waals surface area contributed by atoms with Gasteiger partial charge in [0, 0.05) is 36.7 Å². The largest absolute Gasteiger partial charge is 0.352 e. The van der Waals surface area contributed by atoms with Crippen molar-refractivity contribution >= 4 is 50.8 Å². The Labute approximate surface area is 171 Å². The summed E-state index contributed by atoms with van der Waals surface area (Å²) >= 11 is 6.73. The maximum Gasteiger partial charge on any atom is 0.262 e. The van der Waals surface area contributed by atoms with E-state index in [1.165, 1.54) is 35.7 Å². The molecular formula is C18H26BrN3O2S2. The third-order valence-corrected chi connectivity index (χ3v) is 7.91. The van der Waals surface area contributed by atoms with E-state index in [9.17, 15) is 9.59 Å². The van der Waals surface area contributed by atoms with E-state index < -0.39 is 6.04 Å². The second-order valence-corrected chi connectivity index (χ2v) is 10.7. The summed E-state index contributed by atoms with van der Waals surface area (Å²) in [6.45, 7) is 4.65. The highest BCUT2D eigenvalue weighted by Crippen LogP contribution is 2.36. The molecule has 1 atom stereocenters. The molecule has 0 aromatic carbocycles. The van der Waals surface area contributed by atoms with Crippen molar-refractivity contribution in [2.75, 3.05) is 31.1 Å². The standard InChI is InChI=1S/C18H26BrN3O2S2/c1-13(21-17(24)14-4-5-15(19)26-14)16(23)20-12-18(6-2-3-7-18)22-8-10-25-11-9-22/h4-5,13H,2-3,6-12H2,1H3,(H,20,23)(H,21,24). The quantitative estimate of drug-likeness (QED) is 0.685. The van der Waals surface area contributed by atoms with Crippen molar-refractivity contribution in [1.82, 2.24) is 15.5 Å². The van der Waals surface area contributed by atoms with Gasteiger partial charge in [-0.25, -0.2) is 0 Å². The molecule has 8 heteroatoms. The normalized spacial score (nSPS) is 21.3. The molecule has 1 aromatic rings. The van der Waals surface area contributed by atoms with E-state index in [1.807, 2.05) is 17.8 Å². The minimum absolute atomic E-state index is 0.105. The number of hydrogen-bond acceptors (Lipinski definition) is 5. The first kappa shape index (κ1) is 20.2. The molecule has 2 N–H and O–H groups in total.